The molecule has 228 valence electrons. The first-order valence-electron chi connectivity index (χ1n) is 16.7. The lowest BCUT2D eigenvalue weighted by Crippen LogP contribution is -1.96. The fourth-order valence-electron chi connectivity index (χ4n) is 6.56. The molecule has 0 unspecified atom stereocenters. The van der Waals surface area contributed by atoms with E-state index in [-0.39, 0.29) is 0 Å². The molecule has 0 saturated carbocycles. The van der Waals surface area contributed by atoms with Gasteiger partial charge in [-0.25, -0.2) is 4.98 Å². The van der Waals surface area contributed by atoms with Crippen LogP contribution in [0.15, 0.2) is 188 Å². The normalized spacial score (nSPS) is 12.5. The second-order valence-electron chi connectivity index (χ2n) is 12.3. The molecule has 0 spiro atoms. The van der Waals surface area contributed by atoms with E-state index in [1.165, 1.54) is 61.2 Å². The van der Waals surface area contributed by atoms with Crippen molar-refractivity contribution >= 4 is 5.57 Å². The number of hydrogen-bond donors (Lipinski definition) is 0. The predicted octanol–water partition coefficient (Wildman–Crippen LogP) is 12.8. The van der Waals surface area contributed by atoms with Crippen molar-refractivity contribution in [3.8, 4) is 66.9 Å². The number of aromatic nitrogens is 1. The second kappa shape index (κ2) is 13.4. The summed E-state index contributed by atoms with van der Waals surface area (Å²) in [6.07, 6.45) is 8.64. The van der Waals surface area contributed by atoms with Gasteiger partial charge in [-0.1, -0.05) is 158 Å². The van der Waals surface area contributed by atoms with Crippen LogP contribution in [0.2, 0.25) is 0 Å². The van der Waals surface area contributed by atoms with Crippen molar-refractivity contribution in [3.05, 3.63) is 194 Å². The molecule has 6 aromatic carbocycles. The highest BCUT2D eigenvalue weighted by molar-refractivity contribution is 5.82. The standard InChI is InChI=1S/C47H35N/c1-4-13-34(14-5-1)35-25-27-36(28-26-35)39-19-10-20-40(29-39)41-21-11-22-42(30-41)43-23-12-24-44(31-43)45-32-46(37-15-6-2-7-16-37)48-47(33-45)38-17-8-3-9-18-38/h1-8,10-17,19-33H,9,18H2. The molecule has 1 heteroatoms. The third-order valence-corrected chi connectivity index (χ3v) is 9.15. The maximum atomic E-state index is 5.12. The minimum Gasteiger partial charge on any atom is -0.248 e. The van der Waals surface area contributed by atoms with Gasteiger partial charge in [0.2, 0.25) is 0 Å². The summed E-state index contributed by atoms with van der Waals surface area (Å²) in [7, 11) is 0. The fraction of sp³-hybridized carbons (Fsp3) is 0.0426. The van der Waals surface area contributed by atoms with E-state index in [0.29, 0.717) is 0 Å². The Morgan fingerprint density at radius 2 is 0.750 bits per heavy atom. The number of hydrogen-bond acceptors (Lipinski definition) is 1. The van der Waals surface area contributed by atoms with Crippen LogP contribution in [-0.2, 0) is 0 Å². The average molecular weight is 614 g/mol. The lowest BCUT2D eigenvalue weighted by atomic mass is 9.93. The van der Waals surface area contributed by atoms with Crippen molar-refractivity contribution < 1.29 is 0 Å². The van der Waals surface area contributed by atoms with E-state index >= 15 is 0 Å². The summed E-state index contributed by atoms with van der Waals surface area (Å²) in [5, 5.41) is 0. The summed E-state index contributed by atoms with van der Waals surface area (Å²) in [6.45, 7) is 0. The molecular formula is C47H35N. The molecule has 8 rings (SSSR count). The molecule has 48 heavy (non-hydrogen) atoms. The van der Waals surface area contributed by atoms with Crippen molar-refractivity contribution in [1.82, 2.24) is 4.98 Å². The Hall–Kier alpha value is -6.05. The van der Waals surface area contributed by atoms with Gasteiger partial charge in [0, 0.05) is 5.56 Å². The van der Waals surface area contributed by atoms with Crippen LogP contribution in [0.4, 0.5) is 0 Å². The summed E-state index contributed by atoms with van der Waals surface area (Å²) in [6, 6.07) is 61.0. The van der Waals surface area contributed by atoms with E-state index in [2.05, 4.69) is 188 Å². The highest BCUT2D eigenvalue weighted by Gasteiger charge is 2.12. The lowest BCUT2D eigenvalue weighted by molar-refractivity contribution is 1.04. The molecule has 0 fully saturated rings. The van der Waals surface area contributed by atoms with Gasteiger partial charge in [-0.3, -0.25) is 0 Å². The Bertz CT molecular complexity index is 2260. The molecule has 0 amide bonds. The summed E-state index contributed by atoms with van der Waals surface area (Å²) >= 11 is 0. The SMILES string of the molecule is C1=CCCC(c2cc(-c3cccc(-c4cccc(-c5cccc(-c6ccc(-c7ccccc7)cc6)c5)c4)c3)cc(-c3ccccc3)n2)=C1. The summed E-state index contributed by atoms with van der Waals surface area (Å²) < 4.78 is 0. The first-order valence-corrected chi connectivity index (χ1v) is 16.7. The van der Waals surface area contributed by atoms with E-state index in [4.69, 9.17) is 4.98 Å². The van der Waals surface area contributed by atoms with Crippen molar-refractivity contribution in [2.24, 2.45) is 0 Å². The van der Waals surface area contributed by atoms with Crippen LogP contribution in [0, 0.1) is 0 Å². The Kier molecular flexibility index (Phi) is 8.17. The molecule has 1 aliphatic rings. The van der Waals surface area contributed by atoms with Crippen LogP contribution in [0.25, 0.3) is 72.5 Å². The zero-order chi connectivity index (χ0) is 32.1. The summed E-state index contributed by atoms with van der Waals surface area (Å²) in [4.78, 5) is 5.12. The second-order valence-corrected chi connectivity index (χ2v) is 12.3. The zero-order valence-electron chi connectivity index (χ0n) is 26.8. The zero-order valence-corrected chi connectivity index (χ0v) is 26.8. The molecule has 0 radical (unpaired) electrons. The quantitative estimate of drug-likeness (QED) is 0.174. The molecule has 1 nitrogen and oxygen atoms in total. The van der Waals surface area contributed by atoms with Crippen molar-refractivity contribution in [2.75, 3.05) is 0 Å². The predicted molar refractivity (Wildman–Crippen MR) is 203 cm³/mol. The molecule has 7 aromatic rings. The minimum absolute atomic E-state index is 1.00. The monoisotopic (exact) mass is 613 g/mol. The molecule has 0 atom stereocenters. The Labute approximate surface area is 283 Å². The number of nitrogens with zero attached hydrogens (tertiary/aromatic N) is 1. The van der Waals surface area contributed by atoms with Crippen LogP contribution < -0.4 is 0 Å². The van der Waals surface area contributed by atoms with E-state index < -0.39 is 0 Å². The van der Waals surface area contributed by atoms with Gasteiger partial charge in [0.25, 0.3) is 0 Å². The first-order chi connectivity index (χ1) is 23.8. The van der Waals surface area contributed by atoms with Gasteiger partial charge in [-0.05, 0) is 104 Å². The summed E-state index contributed by atoms with van der Waals surface area (Å²) in [5.74, 6) is 0. The molecule has 0 N–H and O–H groups in total. The van der Waals surface area contributed by atoms with Crippen molar-refractivity contribution in [3.63, 3.8) is 0 Å². The van der Waals surface area contributed by atoms with Gasteiger partial charge in [-0.2, -0.15) is 0 Å². The van der Waals surface area contributed by atoms with Gasteiger partial charge >= 0.3 is 0 Å². The average Bonchev–Trinajstić information content (AvgIpc) is 3.19. The highest BCUT2D eigenvalue weighted by Crippen LogP contribution is 2.35. The lowest BCUT2D eigenvalue weighted by Gasteiger charge is -2.14. The largest absolute Gasteiger partial charge is 0.248 e. The van der Waals surface area contributed by atoms with Crippen LogP contribution in [0.1, 0.15) is 18.5 Å². The third kappa shape index (κ3) is 6.32. The molecule has 1 heterocycles. The number of allylic oxidation sites excluding steroid dienone is 4. The van der Waals surface area contributed by atoms with Gasteiger partial charge in [-0.15, -0.1) is 0 Å². The minimum atomic E-state index is 1.00. The molecular weight excluding hydrogens is 579 g/mol. The van der Waals surface area contributed by atoms with Crippen LogP contribution in [0.3, 0.4) is 0 Å². The van der Waals surface area contributed by atoms with Gasteiger partial charge < -0.3 is 0 Å². The van der Waals surface area contributed by atoms with E-state index in [0.717, 1.165) is 29.8 Å². The maximum Gasteiger partial charge on any atom is 0.0715 e. The number of benzene rings is 6. The van der Waals surface area contributed by atoms with Gasteiger partial charge in [0.15, 0.2) is 0 Å². The van der Waals surface area contributed by atoms with E-state index in [1.807, 2.05) is 0 Å². The van der Waals surface area contributed by atoms with Crippen molar-refractivity contribution in [2.45, 2.75) is 12.8 Å². The Morgan fingerprint density at radius 3 is 1.27 bits per heavy atom. The van der Waals surface area contributed by atoms with E-state index in [1.54, 1.807) is 0 Å². The van der Waals surface area contributed by atoms with Crippen molar-refractivity contribution in [1.29, 1.82) is 0 Å². The Morgan fingerprint density at radius 1 is 0.333 bits per heavy atom. The molecule has 0 bridgehead atoms. The molecule has 1 aromatic heterocycles. The van der Waals surface area contributed by atoms with Crippen LogP contribution in [0.5, 0.6) is 0 Å². The molecule has 0 saturated heterocycles. The third-order valence-electron chi connectivity index (χ3n) is 9.15. The maximum absolute atomic E-state index is 5.12. The van der Waals surface area contributed by atoms with Gasteiger partial charge in [0.1, 0.15) is 0 Å². The van der Waals surface area contributed by atoms with E-state index in [9.17, 15) is 0 Å². The van der Waals surface area contributed by atoms with Crippen LogP contribution >= 0.6 is 0 Å². The fourth-order valence-corrected chi connectivity index (χ4v) is 6.56. The number of rotatable bonds is 7. The Balaban J connectivity index is 1.11. The van der Waals surface area contributed by atoms with Gasteiger partial charge in [0.05, 0.1) is 11.4 Å². The summed E-state index contributed by atoms with van der Waals surface area (Å²) in [5.41, 5.74) is 16.5. The smallest absolute Gasteiger partial charge is 0.0715 e. The number of pyridine rings is 1. The van der Waals surface area contributed by atoms with Crippen LogP contribution in [-0.4, -0.2) is 4.98 Å². The topological polar surface area (TPSA) is 12.9 Å². The highest BCUT2D eigenvalue weighted by atomic mass is 14.7. The first kappa shape index (κ1) is 29.4. The molecule has 0 aliphatic heterocycles. The molecule has 1 aliphatic carbocycles.